The molecule has 0 fully saturated rings. The number of aromatic nitrogens is 2. The van der Waals surface area contributed by atoms with E-state index in [0.29, 0.717) is 0 Å². The summed E-state index contributed by atoms with van der Waals surface area (Å²) in [6, 6.07) is 12.3. The fourth-order valence-electron chi connectivity index (χ4n) is 2.16. The van der Waals surface area contributed by atoms with Crippen molar-refractivity contribution < 1.29 is 0 Å². The number of hydrogen-bond donors (Lipinski definition) is 1. The van der Waals surface area contributed by atoms with Crippen LogP contribution >= 0.6 is 15.9 Å². The van der Waals surface area contributed by atoms with Crippen molar-refractivity contribution in [2.75, 3.05) is 5.73 Å². The molecule has 0 amide bonds. The van der Waals surface area contributed by atoms with Crippen LogP contribution in [0.25, 0.3) is 16.9 Å². The molecular weight excluding hydrogens is 302 g/mol. The molecule has 2 N–H and O–H groups in total. The maximum absolute atomic E-state index is 5.86. The van der Waals surface area contributed by atoms with Gasteiger partial charge in [0.2, 0.25) is 0 Å². The Bertz CT molecular complexity index is 729. The number of imidazole rings is 1. The van der Waals surface area contributed by atoms with E-state index in [1.807, 2.05) is 22.7 Å². The maximum atomic E-state index is 5.86. The molecule has 2 aromatic heterocycles. The van der Waals surface area contributed by atoms with E-state index in [1.165, 1.54) is 5.56 Å². The topological polar surface area (TPSA) is 43.3 Å². The van der Waals surface area contributed by atoms with Crippen molar-refractivity contribution in [3.05, 3.63) is 52.8 Å². The van der Waals surface area contributed by atoms with Crippen molar-refractivity contribution in [1.82, 2.24) is 9.38 Å². The molecule has 96 valence electrons. The van der Waals surface area contributed by atoms with E-state index in [2.05, 4.69) is 52.1 Å². The lowest BCUT2D eigenvalue weighted by molar-refractivity contribution is 1.13. The van der Waals surface area contributed by atoms with Gasteiger partial charge in [-0.05, 0) is 40.0 Å². The molecule has 4 heteroatoms. The third kappa shape index (κ3) is 2.12. The number of rotatable bonds is 2. The molecule has 2 heterocycles. The second-order valence-corrected chi connectivity index (χ2v) is 5.25. The van der Waals surface area contributed by atoms with E-state index in [1.54, 1.807) is 0 Å². The van der Waals surface area contributed by atoms with E-state index in [4.69, 9.17) is 5.73 Å². The molecule has 0 unspecified atom stereocenters. The lowest BCUT2D eigenvalue weighted by Crippen LogP contribution is -1.93. The molecule has 3 aromatic rings. The predicted octanol–water partition coefficient (Wildman–Crippen LogP) is 3.91. The van der Waals surface area contributed by atoms with Crippen molar-refractivity contribution in [2.24, 2.45) is 0 Å². The van der Waals surface area contributed by atoms with Crippen LogP contribution in [-0.4, -0.2) is 9.38 Å². The zero-order valence-electron chi connectivity index (χ0n) is 10.6. The molecule has 19 heavy (non-hydrogen) atoms. The van der Waals surface area contributed by atoms with Gasteiger partial charge in [-0.1, -0.05) is 31.2 Å². The van der Waals surface area contributed by atoms with Gasteiger partial charge in [0.15, 0.2) is 0 Å². The number of nitrogens with zero attached hydrogens (tertiary/aromatic N) is 2. The number of aryl methyl sites for hydroxylation is 1. The van der Waals surface area contributed by atoms with Gasteiger partial charge in [-0.25, -0.2) is 4.98 Å². The zero-order chi connectivity index (χ0) is 13.4. The summed E-state index contributed by atoms with van der Waals surface area (Å²) in [5.74, 6) is 0.900. The number of pyridine rings is 1. The molecule has 0 aliphatic carbocycles. The van der Waals surface area contributed by atoms with Gasteiger partial charge in [-0.15, -0.1) is 0 Å². The lowest BCUT2D eigenvalue weighted by Gasteiger charge is -2.03. The van der Waals surface area contributed by atoms with Crippen LogP contribution in [0.15, 0.2) is 47.2 Å². The lowest BCUT2D eigenvalue weighted by atomic mass is 10.1. The van der Waals surface area contributed by atoms with Crippen molar-refractivity contribution in [3.63, 3.8) is 0 Å². The first kappa shape index (κ1) is 12.2. The van der Waals surface area contributed by atoms with Crippen LogP contribution in [-0.2, 0) is 6.42 Å². The number of fused-ring (bicyclic) bond motifs is 1. The second kappa shape index (κ2) is 4.70. The summed E-state index contributed by atoms with van der Waals surface area (Å²) in [4.78, 5) is 4.58. The van der Waals surface area contributed by atoms with Gasteiger partial charge < -0.3 is 5.73 Å². The molecule has 0 saturated heterocycles. The maximum Gasteiger partial charge on any atom is 0.145 e. The largest absolute Gasteiger partial charge is 0.398 e. The Morgan fingerprint density at radius 1 is 1.16 bits per heavy atom. The number of halogens is 1. The average Bonchev–Trinajstić information content (AvgIpc) is 2.75. The van der Waals surface area contributed by atoms with Crippen LogP contribution in [0.4, 0.5) is 5.69 Å². The highest BCUT2D eigenvalue weighted by molar-refractivity contribution is 9.10. The summed E-state index contributed by atoms with van der Waals surface area (Å²) in [5, 5.41) is 0. The molecule has 0 radical (unpaired) electrons. The second-order valence-electron chi connectivity index (χ2n) is 4.49. The van der Waals surface area contributed by atoms with Gasteiger partial charge in [-0.3, -0.25) is 4.40 Å². The Kier molecular flexibility index (Phi) is 3.03. The molecule has 0 spiro atoms. The molecule has 0 atom stereocenters. The van der Waals surface area contributed by atoms with Gasteiger partial charge in [0.25, 0.3) is 0 Å². The Labute approximate surface area is 120 Å². The SMILES string of the molecule is CCc1ccc(-c2nc(Br)c3ccc(N)cn23)cc1. The molecule has 1 aromatic carbocycles. The van der Waals surface area contributed by atoms with E-state index in [0.717, 1.165) is 33.6 Å². The molecule has 0 aliphatic heterocycles. The minimum absolute atomic E-state index is 0.726. The van der Waals surface area contributed by atoms with Crippen molar-refractivity contribution in [3.8, 4) is 11.4 Å². The Morgan fingerprint density at radius 2 is 1.89 bits per heavy atom. The third-order valence-electron chi connectivity index (χ3n) is 3.24. The van der Waals surface area contributed by atoms with Crippen LogP contribution < -0.4 is 5.73 Å². The van der Waals surface area contributed by atoms with Gasteiger partial charge in [0.05, 0.1) is 5.52 Å². The third-order valence-corrected chi connectivity index (χ3v) is 3.82. The summed E-state index contributed by atoms with van der Waals surface area (Å²) < 4.78 is 2.85. The van der Waals surface area contributed by atoms with E-state index < -0.39 is 0 Å². The summed E-state index contributed by atoms with van der Waals surface area (Å²) >= 11 is 3.49. The first-order valence-corrected chi connectivity index (χ1v) is 7.00. The number of hydrogen-bond acceptors (Lipinski definition) is 2. The summed E-state index contributed by atoms with van der Waals surface area (Å²) in [5.41, 5.74) is 10.0. The van der Waals surface area contributed by atoms with Crippen molar-refractivity contribution >= 4 is 27.1 Å². The van der Waals surface area contributed by atoms with Crippen LogP contribution in [0.1, 0.15) is 12.5 Å². The van der Waals surface area contributed by atoms with Gasteiger partial charge in [0.1, 0.15) is 10.4 Å². The molecule has 3 nitrogen and oxygen atoms in total. The Hall–Kier alpha value is -1.81. The van der Waals surface area contributed by atoms with E-state index >= 15 is 0 Å². The number of nitrogen functional groups attached to an aromatic ring is 1. The van der Waals surface area contributed by atoms with Crippen LogP contribution in [0.2, 0.25) is 0 Å². The molecule has 0 aliphatic rings. The van der Waals surface area contributed by atoms with Gasteiger partial charge in [-0.2, -0.15) is 0 Å². The standard InChI is InChI=1S/C15H14BrN3/c1-2-10-3-5-11(6-4-10)15-18-14(16)13-8-7-12(17)9-19(13)15/h3-9H,2,17H2,1H3. The summed E-state index contributed by atoms with van der Waals surface area (Å²) in [7, 11) is 0. The smallest absolute Gasteiger partial charge is 0.145 e. The van der Waals surface area contributed by atoms with Gasteiger partial charge in [0, 0.05) is 17.4 Å². The quantitative estimate of drug-likeness (QED) is 0.779. The minimum Gasteiger partial charge on any atom is -0.398 e. The Morgan fingerprint density at radius 3 is 2.58 bits per heavy atom. The highest BCUT2D eigenvalue weighted by atomic mass is 79.9. The molecule has 3 rings (SSSR count). The highest BCUT2D eigenvalue weighted by Crippen LogP contribution is 2.27. The molecule has 0 bridgehead atoms. The van der Waals surface area contributed by atoms with E-state index in [9.17, 15) is 0 Å². The van der Waals surface area contributed by atoms with Crippen LogP contribution in [0, 0.1) is 0 Å². The fourth-order valence-corrected chi connectivity index (χ4v) is 2.65. The zero-order valence-corrected chi connectivity index (χ0v) is 12.2. The summed E-state index contributed by atoms with van der Waals surface area (Å²) in [6.45, 7) is 2.15. The molecular formula is C15H14BrN3. The number of nitrogens with two attached hydrogens (primary N) is 1. The highest BCUT2D eigenvalue weighted by Gasteiger charge is 2.10. The predicted molar refractivity (Wildman–Crippen MR) is 82.1 cm³/mol. The first-order chi connectivity index (χ1) is 9.19. The van der Waals surface area contributed by atoms with Crippen LogP contribution in [0.5, 0.6) is 0 Å². The Balaban J connectivity index is 2.20. The molecule has 0 saturated carbocycles. The normalized spacial score (nSPS) is 11.1. The summed E-state index contributed by atoms with van der Waals surface area (Å²) in [6.07, 6.45) is 2.94. The minimum atomic E-state index is 0.726. The van der Waals surface area contributed by atoms with Crippen molar-refractivity contribution in [1.29, 1.82) is 0 Å². The number of benzene rings is 1. The number of anilines is 1. The van der Waals surface area contributed by atoms with Gasteiger partial charge >= 0.3 is 0 Å². The van der Waals surface area contributed by atoms with E-state index in [-0.39, 0.29) is 0 Å². The monoisotopic (exact) mass is 315 g/mol. The van der Waals surface area contributed by atoms with Crippen LogP contribution in [0.3, 0.4) is 0 Å². The first-order valence-electron chi connectivity index (χ1n) is 6.21. The average molecular weight is 316 g/mol. The fraction of sp³-hybridized carbons (Fsp3) is 0.133. The van der Waals surface area contributed by atoms with Crippen molar-refractivity contribution in [2.45, 2.75) is 13.3 Å².